The average molecular weight is 378 g/mol. The lowest BCUT2D eigenvalue weighted by molar-refractivity contribution is 0.104. The van der Waals surface area contributed by atoms with Crippen LogP contribution in [0.1, 0.15) is 11.1 Å². The van der Waals surface area contributed by atoms with E-state index >= 15 is 0 Å². The molecule has 1 aliphatic heterocycles. The van der Waals surface area contributed by atoms with Crippen molar-refractivity contribution in [2.75, 3.05) is 26.2 Å². The lowest BCUT2D eigenvalue weighted by atomic mass is 10.0. The molecule has 1 heterocycles. The fraction of sp³-hybridized carbons (Fsp3) is 0.217. The van der Waals surface area contributed by atoms with Gasteiger partial charge in [0.05, 0.1) is 0 Å². The molecule has 1 N–H and O–H groups in total. The average Bonchev–Trinajstić information content (AvgIpc) is 2.71. The van der Waals surface area contributed by atoms with E-state index < -0.39 is 0 Å². The van der Waals surface area contributed by atoms with Crippen molar-refractivity contribution in [2.24, 2.45) is 0 Å². The highest BCUT2D eigenvalue weighted by Crippen LogP contribution is 2.23. The van der Waals surface area contributed by atoms with Gasteiger partial charge in [-0.3, -0.25) is 4.90 Å². The van der Waals surface area contributed by atoms with Crippen LogP contribution in [0.25, 0.3) is 16.5 Å². The number of fused-ring (bicyclic) bond motifs is 1. The zero-order valence-corrected chi connectivity index (χ0v) is 16.1. The Labute approximate surface area is 165 Å². The summed E-state index contributed by atoms with van der Waals surface area (Å²) >= 11 is 5.97. The number of hydrogen-bond donors (Lipinski definition) is 1. The molecule has 1 aliphatic rings. The highest BCUT2D eigenvalue weighted by Gasteiger charge is 2.18. The van der Waals surface area contributed by atoms with Gasteiger partial charge in [0.2, 0.25) is 0 Å². The Balaban J connectivity index is 1.34. The molecule has 4 heteroatoms. The standard InChI is InChI=1S/C23H24ClN3/c1-18(22-8-4-6-20-5-2-3-7-23(20)22)25-27-15-13-26(14-16-27)17-19-9-11-21(24)12-10-19/h2-12,25H,1,13-17H2. The second-order valence-corrected chi connectivity index (χ2v) is 7.44. The van der Waals surface area contributed by atoms with E-state index in [4.69, 9.17) is 11.6 Å². The van der Waals surface area contributed by atoms with Crippen molar-refractivity contribution in [1.82, 2.24) is 15.3 Å². The normalized spacial score (nSPS) is 15.7. The minimum absolute atomic E-state index is 0.791. The summed E-state index contributed by atoms with van der Waals surface area (Å²) in [5.74, 6) is 0. The molecule has 3 nitrogen and oxygen atoms in total. The number of hydrogen-bond acceptors (Lipinski definition) is 3. The first-order valence-corrected chi connectivity index (χ1v) is 9.72. The van der Waals surface area contributed by atoms with E-state index in [1.165, 1.54) is 16.3 Å². The van der Waals surface area contributed by atoms with Gasteiger partial charge in [-0.15, -0.1) is 0 Å². The molecule has 0 aliphatic carbocycles. The summed E-state index contributed by atoms with van der Waals surface area (Å²) in [6.45, 7) is 9.24. The van der Waals surface area contributed by atoms with E-state index in [1.54, 1.807) is 0 Å². The summed E-state index contributed by atoms with van der Waals surface area (Å²) in [7, 11) is 0. The molecule has 3 aromatic carbocycles. The van der Waals surface area contributed by atoms with Crippen molar-refractivity contribution in [2.45, 2.75) is 6.54 Å². The summed E-state index contributed by atoms with van der Waals surface area (Å²) in [5.41, 5.74) is 6.94. The molecular weight excluding hydrogens is 354 g/mol. The van der Waals surface area contributed by atoms with Gasteiger partial charge in [-0.05, 0) is 28.5 Å². The summed E-state index contributed by atoms with van der Waals surface area (Å²) in [6.07, 6.45) is 0. The van der Waals surface area contributed by atoms with Crippen molar-refractivity contribution in [3.8, 4) is 0 Å². The Morgan fingerprint density at radius 2 is 1.59 bits per heavy atom. The summed E-state index contributed by atoms with van der Waals surface area (Å²) in [4.78, 5) is 2.47. The quantitative estimate of drug-likeness (QED) is 0.689. The highest BCUT2D eigenvalue weighted by molar-refractivity contribution is 6.30. The van der Waals surface area contributed by atoms with Gasteiger partial charge in [-0.1, -0.05) is 72.8 Å². The van der Waals surface area contributed by atoms with E-state index in [9.17, 15) is 0 Å². The molecule has 0 radical (unpaired) electrons. The SMILES string of the molecule is C=C(NN1CCN(Cc2ccc(Cl)cc2)CC1)c1cccc2ccccc12. The molecule has 0 atom stereocenters. The molecule has 138 valence electrons. The predicted molar refractivity (Wildman–Crippen MR) is 114 cm³/mol. The monoisotopic (exact) mass is 377 g/mol. The maximum absolute atomic E-state index is 5.97. The largest absolute Gasteiger partial charge is 0.319 e. The molecule has 0 spiro atoms. The van der Waals surface area contributed by atoms with Crippen LogP contribution in [0, 0.1) is 0 Å². The molecule has 0 amide bonds. The van der Waals surface area contributed by atoms with Crippen LogP contribution in [0.2, 0.25) is 5.02 Å². The minimum atomic E-state index is 0.791. The smallest absolute Gasteiger partial charge is 0.0496 e. The van der Waals surface area contributed by atoms with Gasteiger partial charge in [0.1, 0.15) is 0 Å². The second kappa shape index (κ2) is 8.13. The lowest BCUT2D eigenvalue weighted by Gasteiger charge is -2.35. The molecule has 1 saturated heterocycles. The van der Waals surface area contributed by atoms with Crippen LogP contribution in [0.4, 0.5) is 0 Å². The Morgan fingerprint density at radius 1 is 0.889 bits per heavy atom. The summed E-state index contributed by atoms with van der Waals surface area (Å²) < 4.78 is 0. The van der Waals surface area contributed by atoms with Crippen LogP contribution in [0.3, 0.4) is 0 Å². The van der Waals surface area contributed by atoms with E-state index in [2.05, 4.69) is 76.5 Å². The van der Waals surface area contributed by atoms with Gasteiger partial charge in [0.25, 0.3) is 0 Å². The molecule has 0 bridgehead atoms. The maximum atomic E-state index is 5.97. The maximum Gasteiger partial charge on any atom is 0.0496 e. The van der Waals surface area contributed by atoms with Crippen LogP contribution < -0.4 is 5.43 Å². The molecule has 1 fully saturated rings. The summed E-state index contributed by atoms with van der Waals surface area (Å²) in [5, 5.41) is 5.53. The number of piperazine rings is 1. The van der Waals surface area contributed by atoms with Crippen molar-refractivity contribution in [3.05, 3.63) is 89.5 Å². The van der Waals surface area contributed by atoms with Crippen LogP contribution in [-0.2, 0) is 6.54 Å². The first-order valence-electron chi connectivity index (χ1n) is 9.34. The van der Waals surface area contributed by atoms with Gasteiger partial charge < -0.3 is 5.43 Å². The molecule has 3 aromatic rings. The van der Waals surface area contributed by atoms with E-state index in [-0.39, 0.29) is 0 Å². The Bertz CT molecular complexity index is 923. The van der Waals surface area contributed by atoms with Gasteiger partial charge >= 0.3 is 0 Å². The fourth-order valence-electron chi connectivity index (χ4n) is 3.61. The van der Waals surface area contributed by atoms with Crippen LogP contribution >= 0.6 is 11.6 Å². The van der Waals surface area contributed by atoms with Crippen molar-refractivity contribution >= 4 is 28.1 Å². The van der Waals surface area contributed by atoms with Crippen LogP contribution in [-0.4, -0.2) is 36.1 Å². The predicted octanol–water partition coefficient (Wildman–Crippen LogP) is 4.79. The van der Waals surface area contributed by atoms with Gasteiger partial charge in [0, 0.05) is 49.0 Å². The Morgan fingerprint density at radius 3 is 2.37 bits per heavy atom. The van der Waals surface area contributed by atoms with Crippen LogP contribution in [0.15, 0.2) is 73.3 Å². The van der Waals surface area contributed by atoms with Crippen molar-refractivity contribution < 1.29 is 0 Å². The third-order valence-electron chi connectivity index (χ3n) is 5.10. The van der Waals surface area contributed by atoms with Gasteiger partial charge in [-0.2, -0.15) is 0 Å². The summed E-state index contributed by atoms with van der Waals surface area (Å²) in [6, 6.07) is 22.9. The molecule has 27 heavy (non-hydrogen) atoms. The zero-order chi connectivity index (χ0) is 18.6. The number of nitrogens with zero attached hydrogens (tertiary/aromatic N) is 2. The van der Waals surface area contributed by atoms with Gasteiger partial charge in [-0.25, -0.2) is 5.01 Å². The minimum Gasteiger partial charge on any atom is -0.319 e. The van der Waals surface area contributed by atoms with E-state index in [0.29, 0.717) is 0 Å². The molecule has 0 aromatic heterocycles. The van der Waals surface area contributed by atoms with E-state index in [0.717, 1.165) is 49.0 Å². The third-order valence-corrected chi connectivity index (χ3v) is 5.35. The first kappa shape index (κ1) is 18.1. The van der Waals surface area contributed by atoms with E-state index in [1.807, 2.05) is 12.1 Å². The zero-order valence-electron chi connectivity index (χ0n) is 15.4. The second-order valence-electron chi connectivity index (χ2n) is 7.01. The molecule has 0 unspecified atom stereocenters. The first-order chi connectivity index (χ1) is 13.2. The van der Waals surface area contributed by atoms with Gasteiger partial charge in [0.15, 0.2) is 0 Å². The van der Waals surface area contributed by atoms with Crippen LogP contribution in [0.5, 0.6) is 0 Å². The Hall–Kier alpha value is -2.33. The highest BCUT2D eigenvalue weighted by atomic mass is 35.5. The number of hydrazine groups is 1. The lowest BCUT2D eigenvalue weighted by Crippen LogP contribution is -2.50. The molecular formula is C23H24ClN3. The molecule has 0 saturated carbocycles. The topological polar surface area (TPSA) is 18.5 Å². The fourth-order valence-corrected chi connectivity index (χ4v) is 3.73. The van der Waals surface area contributed by atoms with Crippen molar-refractivity contribution in [1.29, 1.82) is 0 Å². The number of benzene rings is 3. The third kappa shape index (κ3) is 4.33. The number of nitrogens with one attached hydrogen (secondary N) is 1. The van der Waals surface area contributed by atoms with Crippen molar-refractivity contribution in [3.63, 3.8) is 0 Å². The number of halogens is 1. The molecule has 4 rings (SSSR count). The number of rotatable bonds is 5. The Kier molecular flexibility index (Phi) is 5.44.